The van der Waals surface area contributed by atoms with Crippen molar-refractivity contribution in [3.05, 3.63) is 59.2 Å². The summed E-state index contributed by atoms with van der Waals surface area (Å²) in [5, 5.41) is 1.75. The minimum atomic E-state index is -1.00. The summed E-state index contributed by atoms with van der Waals surface area (Å²) in [6, 6.07) is 6.70. The molecule has 0 aliphatic heterocycles. The third-order valence-electron chi connectivity index (χ3n) is 5.49. The van der Waals surface area contributed by atoms with Crippen LogP contribution in [-0.2, 0) is 0 Å². The van der Waals surface area contributed by atoms with Crippen LogP contribution in [0.4, 0.5) is 28.8 Å². The molecule has 1 aromatic heterocycles. The zero-order valence-corrected chi connectivity index (χ0v) is 18.0. The fourth-order valence-corrected chi connectivity index (χ4v) is 4.65. The number of rotatable bonds is 6. The first kappa shape index (κ1) is 22.1. The minimum Gasteiger partial charge on any atom is -0.490 e. The Bertz CT molecular complexity index is 1120. The van der Waals surface area contributed by atoms with Crippen LogP contribution in [0.3, 0.4) is 0 Å². The van der Waals surface area contributed by atoms with Gasteiger partial charge in [0.2, 0.25) is 0 Å². The number of benzene rings is 2. The van der Waals surface area contributed by atoms with Gasteiger partial charge in [-0.3, -0.25) is 0 Å². The van der Waals surface area contributed by atoms with Crippen molar-refractivity contribution in [2.24, 2.45) is 11.7 Å². The first-order valence-electron chi connectivity index (χ1n) is 10.3. The van der Waals surface area contributed by atoms with Crippen molar-refractivity contribution >= 4 is 28.2 Å². The second-order valence-electron chi connectivity index (χ2n) is 7.75. The summed E-state index contributed by atoms with van der Waals surface area (Å²) >= 11 is 1.07. The highest BCUT2D eigenvalue weighted by Gasteiger charge is 2.22. The van der Waals surface area contributed by atoms with Crippen LogP contribution in [0.25, 0.3) is 11.3 Å². The van der Waals surface area contributed by atoms with Crippen molar-refractivity contribution < 1.29 is 22.7 Å². The highest BCUT2D eigenvalue weighted by Crippen LogP contribution is 2.34. The highest BCUT2D eigenvalue weighted by molar-refractivity contribution is 7.14. The van der Waals surface area contributed by atoms with Gasteiger partial charge in [0.05, 0.1) is 18.0 Å². The molecule has 0 radical (unpaired) electrons. The Labute approximate surface area is 187 Å². The number of thiazole rings is 1. The molecule has 4 rings (SSSR count). The zero-order valence-electron chi connectivity index (χ0n) is 17.2. The number of carbonyl (C=O) groups excluding carboxylic acids is 1. The molecule has 168 valence electrons. The van der Waals surface area contributed by atoms with Crippen LogP contribution < -0.4 is 15.4 Å². The number of hydrogen-bond acceptors (Lipinski definition) is 4. The van der Waals surface area contributed by atoms with E-state index in [-0.39, 0.29) is 16.6 Å². The van der Waals surface area contributed by atoms with Gasteiger partial charge in [-0.2, -0.15) is 0 Å². The molecule has 2 N–H and O–H groups in total. The summed E-state index contributed by atoms with van der Waals surface area (Å²) in [4.78, 5) is 17.5. The third kappa shape index (κ3) is 4.88. The number of anilines is 2. The fourth-order valence-electron chi connectivity index (χ4n) is 3.79. The summed E-state index contributed by atoms with van der Waals surface area (Å²) in [6.07, 6.45) is 5.74. The minimum absolute atomic E-state index is 0.116. The van der Waals surface area contributed by atoms with Gasteiger partial charge in [-0.15, -0.1) is 11.3 Å². The van der Waals surface area contributed by atoms with Crippen molar-refractivity contribution in [3.8, 4) is 17.0 Å². The number of nitrogens with zero attached hydrogens (tertiary/aromatic N) is 2. The van der Waals surface area contributed by atoms with Gasteiger partial charge >= 0.3 is 6.03 Å². The van der Waals surface area contributed by atoms with Crippen LogP contribution in [0, 0.1) is 23.4 Å². The van der Waals surface area contributed by atoms with Crippen molar-refractivity contribution in [3.63, 3.8) is 0 Å². The van der Waals surface area contributed by atoms with Crippen molar-refractivity contribution in [1.82, 2.24) is 4.98 Å². The Balaban J connectivity index is 1.54. The summed E-state index contributed by atoms with van der Waals surface area (Å²) in [6.45, 7) is 0.458. The summed E-state index contributed by atoms with van der Waals surface area (Å²) < 4.78 is 47.1. The van der Waals surface area contributed by atoms with Crippen molar-refractivity contribution in [2.45, 2.75) is 32.1 Å². The highest BCUT2D eigenvalue weighted by atomic mass is 32.1. The molecule has 1 aliphatic carbocycles. The molecule has 9 heteroatoms. The zero-order chi connectivity index (χ0) is 22.7. The maximum atomic E-state index is 14.7. The predicted octanol–water partition coefficient (Wildman–Crippen LogP) is 6.40. The molecule has 2 amide bonds. The number of aromatic nitrogens is 1. The predicted molar refractivity (Wildman–Crippen MR) is 118 cm³/mol. The lowest BCUT2D eigenvalue weighted by molar-refractivity contribution is 0.202. The van der Waals surface area contributed by atoms with E-state index in [9.17, 15) is 18.0 Å². The van der Waals surface area contributed by atoms with E-state index in [1.807, 2.05) is 0 Å². The molecular formula is C23H22F3N3O2S. The molecule has 0 unspecified atom stereocenters. The fraction of sp³-hybridized carbons (Fsp3) is 0.304. The third-order valence-corrected chi connectivity index (χ3v) is 6.32. The standard InChI is InChI=1S/C23H22F3N3O2S/c24-17-8-6-15(10-18(17)25)20-13-32-23(28-20)29(22(27)30)16-7-9-21(19(26)11-16)31-12-14-4-2-1-3-5-14/h6-11,13-14H,1-5,12H2,(H2,27,30). The number of halogens is 3. The lowest BCUT2D eigenvalue weighted by Crippen LogP contribution is -2.31. The molecule has 1 heterocycles. The van der Waals surface area contributed by atoms with E-state index in [0.717, 1.165) is 41.2 Å². The lowest BCUT2D eigenvalue weighted by atomic mass is 9.90. The first-order chi connectivity index (χ1) is 15.4. The van der Waals surface area contributed by atoms with E-state index in [1.54, 1.807) is 5.38 Å². The second-order valence-corrected chi connectivity index (χ2v) is 8.58. The maximum Gasteiger partial charge on any atom is 0.325 e. The molecule has 1 aliphatic rings. The van der Waals surface area contributed by atoms with E-state index in [4.69, 9.17) is 10.5 Å². The number of carbonyl (C=O) groups is 1. The normalized spacial score (nSPS) is 14.3. The van der Waals surface area contributed by atoms with Gasteiger partial charge in [-0.05, 0) is 49.1 Å². The number of primary amides is 1. The number of urea groups is 1. The molecule has 1 fully saturated rings. The van der Waals surface area contributed by atoms with Gasteiger partial charge in [0.15, 0.2) is 28.3 Å². The summed E-state index contributed by atoms with van der Waals surface area (Å²) in [5.41, 5.74) is 6.39. The van der Waals surface area contributed by atoms with Crippen LogP contribution in [0.5, 0.6) is 5.75 Å². The van der Waals surface area contributed by atoms with E-state index in [0.29, 0.717) is 23.8 Å². The summed E-state index contributed by atoms with van der Waals surface area (Å²) in [5.74, 6) is -2.04. The Morgan fingerprint density at radius 1 is 1.06 bits per heavy atom. The topological polar surface area (TPSA) is 68.5 Å². The number of amides is 2. The number of nitrogens with two attached hydrogens (primary N) is 1. The number of hydrogen-bond donors (Lipinski definition) is 1. The Kier molecular flexibility index (Phi) is 6.64. The Morgan fingerprint density at radius 2 is 1.84 bits per heavy atom. The van der Waals surface area contributed by atoms with Crippen LogP contribution in [0.15, 0.2) is 41.8 Å². The quantitative estimate of drug-likeness (QED) is 0.462. The SMILES string of the molecule is NC(=O)N(c1ccc(OCC2CCCCC2)c(F)c1)c1nc(-c2ccc(F)c(F)c2)cs1. The maximum absolute atomic E-state index is 14.7. The molecule has 5 nitrogen and oxygen atoms in total. The molecule has 0 saturated heterocycles. The van der Waals surface area contributed by atoms with Gasteiger partial charge < -0.3 is 10.5 Å². The summed E-state index contributed by atoms with van der Waals surface area (Å²) in [7, 11) is 0. The molecule has 0 spiro atoms. The van der Waals surface area contributed by atoms with Gasteiger partial charge in [0.1, 0.15) is 0 Å². The Hall–Kier alpha value is -3.07. The van der Waals surface area contributed by atoms with Gasteiger partial charge in [-0.25, -0.2) is 27.8 Å². The van der Waals surface area contributed by atoms with E-state index >= 15 is 0 Å². The van der Waals surface area contributed by atoms with Crippen molar-refractivity contribution in [2.75, 3.05) is 11.5 Å². The first-order valence-corrected chi connectivity index (χ1v) is 11.2. The van der Waals surface area contributed by atoms with Crippen LogP contribution in [0.1, 0.15) is 32.1 Å². The average molecular weight is 462 g/mol. The molecule has 2 aromatic carbocycles. The van der Waals surface area contributed by atoms with E-state index in [1.165, 1.54) is 43.5 Å². The largest absolute Gasteiger partial charge is 0.490 e. The molecule has 3 aromatic rings. The monoisotopic (exact) mass is 461 g/mol. The van der Waals surface area contributed by atoms with Gasteiger partial charge in [0, 0.05) is 17.0 Å². The molecule has 32 heavy (non-hydrogen) atoms. The lowest BCUT2D eigenvalue weighted by Gasteiger charge is -2.22. The Morgan fingerprint density at radius 3 is 2.53 bits per heavy atom. The molecule has 1 saturated carbocycles. The van der Waals surface area contributed by atoms with E-state index in [2.05, 4.69) is 4.98 Å². The van der Waals surface area contributed by atoms with Gasteiger partial charge in [-0.1, -0.05) is 19.3 Å². The molecular weight excluding hydrogens is 439 g/mol. The number of ether oxygens (including phenoxy) is 1. The van der Waals surface area contributed by atoms with Gasteiger partial charge in [0.25, 0.3) is 0 Å². The molecule has 0 bridgehead atoms. The average Bonchev–Trinajstić information content (AvgIpc) is 3.25. The van der Waals surface area contributed by atoms with E-state index < -0.39 is 23.5 Å². The second kappa shape index (κ2) is 9.60. The molecule has 0 atom stereocenters. The van der Waals surface area contributed by atoms with Crippen LogP contribution in [0.2, 0.25) is 0 Å². The van der Waals surface area contributed by atoms with Crippen LogP contribution >= 0.6 is 11.3 Å². The smallest absolute Gasteiger partial charge is 0.325 e. The van der Waals surface area contributed by atoms with Crippen molar-refractivity contribution in [1.29, 1.82) is 0 Å². The van der Waals surface area contributed by atoms with Crippen LogP contribution in [-0.4, -0.2) is 17.6 Å².